The van der Waals surface area contributed by atoms with Crippen molar-refractivity contribution in [3.05, 3.63) is 17.3 Å². The average Bonchev–Trinajstić information content (AvgIpc) is 3.06. The van der Waals surface area contributed by atoms with E-state index in [1.165, 1.54) is 0 Å². The lowest BCUT2D eigenvalue weighted by Gasteiger charge is -2.23. The van der Waals surface area contributed by atoms with E-state index in [0.29, 0.717) is 19.1 Å². The number of alkyl halides is 1. The summed E-state index contributed by atoms with van der Waals surface area (Å²) in [6.07, 6.45) is 2.01. The fraction of sp³-hybridized carbons (Fsp3) is 0.643. The summed E-state index contributed by atoms with van der Waals surface area (Å²) in [5.74, 6) is 1.38. The summed E-state index contributed by atoms with van der Waals surface area (Å²) in [6, 6.07) is 0. The van der Waals surface area contributed by atoms with E-state index in [0.717, 1.165) is 42.8 Å². The number of halogens is 1. The van der Waals surface area contributed by atoms with Crippen LogP contribution < -0.4 is 4.90 Å². The topological polar surface area (TPSA) is 39.0 Å². The molecular formula is C14H22ClN3O2S. The van der Waals surface area contributed by atoms with Crippen LogP contribution in [0.4, 0.5) is 5.82 Å². The Kier molecular flexibility index (Phi) is 6.76. The zero-order valence-electron chi connectivity index (χ0n) is 12.5. The number of aromatic nitrogens is 2. The second-order valence-corrected chi connectivity index (χ2v) is 5.59. The second-order valence-electron chi connectivity index (χ2n) is 4.45. The van der Waals surface area contributed by atoms with Gasteiger partial charge in [-0.3, -0.25) is 4.40 Å². The van der Waals surface area contributed by atoms with Crippen LogP contribution in [0.25, 0.3) is 4.96 Å². The molecule has 2 heterocycles. The fourth-order valence-electron chi connectivity index (χ4n) is 2.16. The molecular weight excluding hydrogens is 310 g/mol. The average molecular weight is 332 g/mol. The predicted octanol–water partition coefficient (Wildman–Crippen LogP) is 3.01. The van der Waals surface area contributed by atoms with Gasteiger partial charge in [-0.05, 0) is 13.8 Å². The SMILES string of the molecule is CCOCCN(CCOCC)c1nc2sccn2c1CCl. The van der Waals surface area contributed by atoms with E-state index in [2.05, 4.69) is 9.30 Å². The monoisotopic (exact) mass is 331 g/mol. The first-order chi connectivity index (χ1) is 10.3. The van der Waals surface area contributed by atoms with Crippen molar-refractivity contribution in [2.75, 3.05) is 44.4 Å². The van der Waals surface area contributed by atoms with Crippen LogP contribution in [0.2, 0.25) is 0 Å². The van der Waals surface area contributed by atoms with Crippen molar-refractivity contribution in [2.45, 2.75) is 19.7 Å². The Morgan fingerprint density at radius 3 is 2.48 bits per heavy atom. The zero-order valence-corrected chi connectivity index (χ0v) is 14.1. The maximum atomic E-state index is 6.13. The van der Waals surface area contributed by atoms with Crippen LogP contribution in [0.5, 0.6) is 0 Å². The third-order valence-electron chi connectivity index (χ3n) is 3.19. The number of hydrogen-bond donors (Lipinski definition) is 0. The first-order valence-electron chi connectivity index (χ1n) is 7.22. The summed E-state index contributed by atoms with van der Waals surface area (Å²) in [6.45, 7) is 8.37. The number of nitrogens with zero attached hydrogens (tertiary/aromatic N) is 3. The van der Waals surface area contributed by atoms with Crippen molar-refractivity contribution >= 4 is 33.7 Å². The maximum Gasteiger partial charge on any atom is 0.195 e. The highest BCUT2D eigenvalue weighted by molar-refractivity contribution is 7.15. The maximum absolute atomic E-state index is 6.13. The lowest BCUT2D eigenvalue weighted by atomic mass is 10.4. The molecule has 0 saturated carbocycles. The van der Waals surface area contributed by atoms with Gasteiger partial charge in [0.25, 0.3) is 0 Å². The molecule has 0 aromatic carbocycles. The fourth-order valence-corrected chi connectivity index (χ4v) is 3.14. The first-order valence-corrected chi connectivity index (χ1v) is 8.64. The summed E-state index contributed by atoms with van der Waals surface area (Å²) in [5.41, 5.74) is 1.03. The molecule has 7 heteroatoms. The molecule has 0 saturated heterocycles. The van der Waals surface area contributed by atoms with Gasteiger partial charge in [0.15, 0.2) is 10.8 Å². The molecule has 0 atom stereocenters. The molecule has 2 aromatic heterocycles. The van der Waals surface area contributed by atoms with Gasteiger partial charge >= 0.3 is 0 Å². The molecule has 0 aliphatic heterocycles. The van der Waals surface area contributed by atoms with Crippen LogP contribution in [-0.4, -0.2) is 48.9 Å². The number of imidazole rings is 1. The number of anilines is 1. The Labute approximate surface area is 134 Å². The van der Waals surface area contributed by atoms with Crippen LogP contribution in [-0.2, 0) is 15.4 Å². The lowest BCUT2D eigenvalue weighted by Crippen LogP contribution is -2.32. The number of hydrogen-bond acceptors (Lipinski definition) is 5. The summed E-state index contributed by atoms with van der Waals surface area (Å²) >= 11 is 7.75. The minimum Gasteiger partial charge on any atom is -0.380 e. The minimum absolute atomic E-state index is 0.438. The van der Waals surface area contributed by atoms with E-state index < -0.39 is 0 Å². The van der Waals surface area contributed by atoms with Gasteiger partial charge in [-0.15, -0.1) is 22.9 Å². The highest BCUT2D eigenvalue weighted by Gasteiger charge is 2.18. The van der Waals surface area contributed by atoms with Gasteiger partial charge in [-0.25, -0.2) is 4.98 Å². The zero-order chi connectivity index (χ0) is 15.1. The standard InChI is InChI=1S/C14H22ClN3O2S/c1-3-19-8-5-17(6-9-20-4-2)13-12(11-15)18-7-10-21-14(18)16-13/h7,10H,3-6,8-9,11H2,1-2H3. The smallest absolute Gasteiger partial charge is 0.195 e. The number of rotatable bonds is 10. The highest BCUT2D eigenvalue weighted by atomic mass is 35.5. The second kappa shape index (κ2) is 8.58. The van der Waals surface area contributed by atoms with Crippen LogP contribution in [0, 0.1) is 0 Å². The van der Waals surface area contributed by atoms with E-state index >= 15 is 0 Å². The predicted molar refractivity (Wildman–Crippen MR) is 87.8 cm³/mol. The Balaban J connectivity index is 2.17. The van der Waals surface area contributed by atoms with Crippen molar-refractivity contribution < 1.29 is 9.47 Å². The van der Waals surface area contributed by atoms with Crippen LogP contribution in [0.1, 0.15) is 19.5 Å². The molecule has 0 fully saturated rings. The van der Waals surface area contributed by atoms with Gasteiger partial charge in [-0.1, -0.05) is 0 Å². The molecule has 0 unspecified atom stereocenters. The van der Waals surface area contributed by atoms with E-state index in [1.807, 2.05) is 25.4 Å². The molecule has 21 heavy (non-hydrogen) atoms. The summed E-state index contributed by atoms with van der Waals surface area (Å²) in [7, 11) is 0. The Morgan fingerprint density at radius 2 is 1.90 bits per heavy atom. The number of fused-ring (bicyclic) bond motifs is 1. The molecule has 0 amide bonds. The van der Waals surface area contributed by atoms with Crippen molar-refractivity contribution in [3.63, 3.8) is 0 Å². The molecule has 118 valence electrons. The molecule has 0 bridgehead atoms. The summed E-state index contributed by atoms with van der Waals surface area (Å²) in [4.78, 5) is 7.88. The summed E-state index contributed by atoms with van der Waals surface area (Å²) in [5, 5.41) is 2.02. The highest BCUT2D eigenvalue weighted by Crippen LogP contribution is 2.26. The molecule has 0 N–H and O–H groups in total. The Hall–Kier alpha value is -0.820. The minimum atomic E-state index is 0.438. The molecule has 0 aliphatic carbocycles. The normalized spacial score (nSPS) is 11.4. The molecule has 2 aromatic rings. The van der Waals surface area contributed by atoms with E-state index in [4.69, 9.17) is 26.1 Å². The van der Waals surface area contributed by atoms with Crippen LogP contribution >= 0.6 is 22.9 Å². The van der Waals surface area contributed by atoms with Gasteiger partial charge in [0.1, 0.15) is 0 Å². The van der Waals surface area contributed by atoms with Gasteiger partial charge in [-0.2, -0.15) is 0 Å². The van der Waals surface area contributed by atoms with E-state index in [-0.39, 0.29) is 0 Å². The van der Waals surface area contributed by atoms with Gasteiger partial charge in [0, 0.05) is 37.9 Å². The quantitative estimate of drug-likeness (QED) is 0.495. The Morgan fingerprint density at radius 1 is 1.24 bits per heavy atom. The van der Waals surface area contributed by atoms with Gasteiger partial charge < -0.3 is 14.4 Å². The molecule has 0 radical (unpaired) electrons. The molecule has 0 spiro atoms. The molecule has 2 rings (SSSR count). The first kappa shape index (κ1) is 16.5. The molecule has 5 nitrogen and oxygen atoms in total. The van der Waals surface area contributed by atoms with Gasteiger partial charge in [0.2, 0.25) is 0 Å². The third kappa shape index (κ3) is 4.10. The summed E-state index contributed by atoms with van der Waals surface area (Å²) < 4.78 is 13.0. The van der Waals surface area contributed by atoms with Crippen molar-refractivity contribution in [1.82, 2.24) is 9.38 Å². The van der Waals surface area contributed by atoms with Crippen molar-refractivity contribution in [2.24, 2.45) is 0 Å². The largest absolute Gasteiger partial charge is 0.380 e. The Bertz CT molecular complexity index is 533. The lowest BCUT2D eigenvalue weighted by molar-refractivity contribution is 0.141. The number of thiazole rings is 1. The van der Waals surface area contributed by atoms with Crippen molar-refractivity contribution in [1.29, 1.82) is 0 Å². The molecule has 0 aliphatic rings. The van der Waals surface area contributed by atoms with Crippen LogP contribution in [0.3, 0.4) is 0 Å². The van der Waals surface area contributed by atoms with Crippen molar-refractivity contribution in [3.8, 4) is 0 Å². The number of ether oxygens (including phenoxy) is 2. The van der Waals surface area contributed by atoms with E-state index in [9.17, 15) is 0 Å². The van der Waals surface area contributed by atoms with Crippen LogP contribution in [0.15, 0.2) is 11.6 Å². The van der Waals surface area contributed by atoms with Gasteiger partial charge in [0.05, 0.1) is 24.8 Å². The third-order valence-corrected chi connectivity index (χ3v) is 4.20. The van der Waals surface area contributed by atoms with E-state index in [1.54, 1.807) is 11.3 Å².